The number of fused-ring (bicyclic) bond motifs is 4. The maximum atomic E-state index is 5.08. The molecule has 0 fully saturated rings. The first kappa shape index (κ1) is 33.4. The molecule has 1 aromatic carbocycles. The van der Waals surface area contributed by atoms with E-state index in [0.29, 0.717) is 0 Å². The maximum absolute atomic E-state index is 5.08. The summed E-state index contributed by atoms with van der Waals surface area (Å²) in [5.74, 6) is 0.208. The molecule has 258 valence electrons. The predicted octanol–water partition coefficient (Wildman–Crippen LogP) is 3.49. The number of pyridine rings is 2. The Bertz CT molecular complexity index is 2710. The minimum atomic E-state index is 0.160. The molecule has 0 saturated carbocycles. The van der Waals surface area contributed by atoms with Gasteiger partial charge >= 0.3 is 0 Å². The topological polar surface area (TPSA) is 84.0 Å². The molecule has 0 bridgehead atoms. The Morgan fingerprint density at radius 1 is 0.769 bits per heavy atom. The summed E-state index contributed by atoms with van der Waals surface area (Å²) in [7, 11) is 0. The molecule has 1 aliphatic carbocycles. The largest absolute Gasteiger partial charge is 0.268 e. The summed E-state index contributed by atoms with van der Waals surface area (Å²) < 4.78 is 4.39. The third-order valence-electron chi connectivity index (χ3n) is 10.8. The standard InChI is InChI=1S/C44H44N8/c1-29-10-12-37(13-11-35-26-48-49-27-40(29)35)51-19-16-42-41(28-51)31(3)21-34(9-6-17-46-42)43-23-39-32(4)22-38(14-18-45-24-36(39)25-47-43)52-20-15-33-8-5-7-30(2)44(33)50-52/h5-8,11,13,15-20,23-28,34,38H,9-10,12,14,21-22H2,1-4H3/q+2/b17-6-,35-11-,36-24-,37-13+,39-32-,40-29-,41-31-,45-18?,46-42+. The number of aryl methyl sites for hydroxylation is 1. The molecule has 0 N–H and O–H groups in total. The summed E-state index contributed by atoms with van der Waals surface area (Å²) in [6.07, 6.45) is 30.1. The van der Waals surface area contributed by atoms with E-state index in [4.69, 9.17) is 20.1 Å². The Labute approximate surface area is 303 Å². The van der Waals surface area contributed by atoms with Crippen LogP contribution in [-0.4, -0.2) is 26.5 Å². The quantitative estimate of drug-likeness (QED) is 0.273. The van der Waals surface area contributed by atoms with E-state index in [-0.39, 0.29) is 12.0 Å². The fourth-order valence-corrected chi connectivity index (χ4v) is 7.71. The number of aliphatic imine (C=N–C) groups is 1. The summed E-state index contributed by atoms with van der Waals surface area (Å²) in [5, 5.41) is 21.2. The van der Waals surface area contributed by atoms with Crippen molar-refractivity contribution in [2.24, 2.45) is 9.98 Å². The molecular formula is C44H44N8+2. The van der Waals surface area contributed by atoms with Crippen LogP contribution in [0.15, 0.2) is 102 Å². The second-order valence-corrected chi connectivity index (χ2v) is 14.4. The van der Waals surface area contributed by atoms with Gasteiger partial charge in [-0.15, -0.1) is 0 Å². The fraction of sp³-hybridized carbons (Fsp3) is 0.273. The van der Waals surface area contributed by atoms with Gasteiger partial charge in [-0.25, -0.2) is 0 Å². The monoisotopic (exact) mass is 684 g/mol. The van der Waals surface area contributed by atoms with Crippen LogP contribution in [0.1, 0.15) is 82.5 Å². The smallest absolute Gasteiger partial charge is 0.197 e. The molecule has 2 unspecified atom stereocenters. The molecule has 2 atom stereocenters. The number of hydrogen-bond acceptors (Lipinski definition) is 6. The first-order valence-electron chi connectivity index (χ1n) is 18.3. The van der Waals surface area contributed by atoms with Gasteiger partial charge in [-0.05, 0) is 69.9 Å². The van der Waals surface area contributed by atoms with Gasteiger partial charge in [-0.2, -0.15) is 14.8 Å². The van der Waals surface area contributed by atoms with E-state index in [0.717, 1.165) is 70.9 Å². The van der Waals surface area contributed by atoms with E-state index in [1.165, 1.54) is 43.6 Å². The molecule has 0 saturated heterocycles. The van der Waals surface area contributed by atoms with E-state index < -0.39 is 0 Å². The molecule has 2 aliphatic heterocycles. The Morgan fingerprint density at radius 3 is 2.58 bits per heavy atom. The highest BCUT2D eigenvalue weighted by molar-refractivity contribution is 5.80. The molecule has 0 radical (unpaired) electrons. The summed E-state index contributed by atoms with van der Waals surface area (Å²) in [5.41, 5.74) is 8.51. The lowest BCUT2D eigenvalue weighted by Gasteiger charge is -2.16. The lowest BCUT2D eigenvalue weighted by atomic mass is 9.91. The van der Waals surface area contributed by atoms with Crippen molar-refractivity contribution in [3.8, 4) is 0 Å². The van der Waals surface area contributed by atoms with Crippen molar-refractivity contribution < 1.29 is 9.25 Å². The first-order valence-corrected chi connectivity index (χ1v) is 18.3. The Kier molecular flexibility index (Phi) is 9.29. The van der Waals surface area contributed by atoms with Crippen molar-refractivity contribution in [1.29, 1.82) is 0 Å². The van der Waals surface area contributed by atoms with Crippen LogP contribution < -0.4 is 40.7 Å². The second-order valence-electron chi connectivity index (χ2n) is 14.4. The van der Waals surface area contributed by atoms with Crippen molar-refractivity contribution in [3.05, 3.63) is 135 Å². The van der Waals surface area contributed by atoms with E-state index in [1.807, 2.05) is 37.2 Å². The summed E-state index contributed by atoms with van der Waals surface area (Å²) in [4.78, 5) is 14.7. The SMILES string of the molecule is C/C1=c2\cc(C3C\C=C/N=c4\cc[n+](/C5=C/C=c6/cnnc/c6=C(\C)CC5)c\c4=C(/C)C3)nc\c2=C\N=CCC([n+]2ccc3cccc(C)c3n2)C1. The van der Waals surface area contributed by atoms with Crippen LogP contribution in [-0.2, 0) is 0 Å². The molecule has 5 aromatic rings. The zero-order valence-electron chi connectivity index (χ0n) is 30.4. The Hall–Kier alpha value is -5.76. The predicted molar refractivity (Wildman–Crippen MR) is 206 cm³/mol. The lowest BCUT2D eigenvalue weighted by Crippen LogP contribution is -2.43. The molecule has 0 spiro atoms. The third kappa shape index (κ3) is 6.81. The van der Waals surface area contributed by atoms with Gasteiger partial charge < -0.3 is 0 Å². The average Bonchev–Trinajstić information content (AvgIpc) is 3.29. The van der Waals surface area contributed by atoms with Crippen molar-refractivity contribution in [3.63, 3.8) is 0 Å². The third-order valence-corrected chi connectivity index (χ3v) is 10.8. The number of nitrogens with zero attached hydrogens (tertiary/aromatic N) is 8. The van der Waals surface area contributed by atoms with Crippen LogP contribution in [0, 0.1) is 6.92 Å². The van der Waals surface area contributed by atoms with Crippen LogP contribution in [0.5, 0.6) is 0 Å². The number of hydrogen-bond donors (Lipinski definition) is 0. The molecule has 4 aromatic heterocycles. The van der Waals surface area contributed by atoms with Gasteiger partial charge in [-0.3, -0.25) is 15.0 Å². The Morgan fingerprint density at radius 2 is 1.65 bits per heavy atom. The number of rotatable bonds is 3. The lowest BCUT2D eigenvalue weighted by molar-refractivity contribution is -0.773. The first-order chi connectivity index (χ1) is 25.4. The molecule has 52 heavy (non-hydrogen) atoms. The van der Waals surface area contributed by atoms with Gasteiger partial charge in [0, 0.05) is 100 Å². The number of allylic oxidation sites excluding steroid dienone is 3. The maximum Gasteiger partial charge on any atom is 0.197 e. The normalized spacial score (nSPS) is 25.7. The van der Waals surface area contributed by atoms with E-state index in [9.17, 15) is 0 Å². The minimum Gasteiger partial charge on any atom is -0.268 e. The van der Waals surface area contributed by atoms with Gasteiger partial charge in [0.05, 0.1) is 23.0 Å². The summed E-state index contributed by atoms with van der Waals surface area (Å²) in [6.45, 7) is 8.82. The molecule has 3 aliphatic rings. The second kappa shape index (κ2) is 14.5. The minimum absolute atomic E-state index is 0.160. The van der Waals surface area contributed by atoms with E-state index in [1.54, 1.807) is 0 Å². The van der Waals surface area contributed by atoms with Crippen molar-refractivity contribution in [2.75, 3.05) is 0 Å². The van der Waals surface area contributed by atoms with Crippen molar-refractivity contribution in [1.82, 2.24) is 20.3 Å². The summed E-state index contributed by atoms with van der Waals surface area (Å²) >= 11 is 0. The van der Waals surface area contributed by atoms with E-state index in [2.05, 4.69) is 120 Å². The number of aromatic nitrogens is 6. The molecule has 8 heteroatoms. The van der Waals surface area contributed by atoms with Crippen LogP contribution in [0.25, 0.3) is 45.6 Å². The highest BCUT2D eigenvalue weighted by atomic mass is 15.3. The molecule has 8 nitrogen and oxygen atoms in total. The summed E-state index contributed by atoms with van der Waals surface area (Å²) in [6, 6.07) is 13.1. The van der Waals surface area contributed by atoms with Crippen LogP contribution in [0.4, 0.5) is 0 Å². The molecule has 8 rings (SSSR count). The molecule has 6 heterocycles. The van der Waals surface area contributed by atoms with Gasteiger partial charge in [0.25, 0.3) is 0 Å². The fourth-order valence-electron chi connectivity index (χ4n) is 7.71. The molecule has 0 amide bonds. The van der Waals surface area contributed by atoms with Crippen LogP contribution >= 0.6 is 0 Å². The highest BCUT2D eigenvalue weighted by Gasteiger charge is 2.23. The van der Waals surface area contributed by atoms with Crippen LogP contribution in [0.3, 0.4) is 0 Å². The van der Waals surface area contributed by atoms with Crippen LogP contribution in [0.2, 0.25) is 0 Å². The Balaban J connectivity index is 1.14. The van der Waals surface area contributed by atoms with Gasteiger partial charge in [0.15, 0.2) is 30.3 Å². The highest BCUT2D eigenvalue weighted by Crippen LogP contribution is 2.26. The van der Waals surface area contributed by atoms with Gasteiger partial charge in [0.1, 0.15) is 5.52 Å². The molecular weight excluding hydrogens is 641 g/mol. The van der Waals surface area contributed by atoms with Gasteiger partial charge in [0.2, 0.25) is 0 Å². The van der Waals surface area contributed by atoms with Gasteiger partial charge in [-0.1, -0.05) is 45.7 Å². The van der Waals surface area contributed by atoms with Crippen molar-refractivity contribution in [2.45, 2.75) is 78.2 Å². The average molecular weight is 685 g/mol. The zero-order valence-corrected chi connectivity index (χ0v) is 30.4. The zero-order chi connectivity index (χ0) is 35.6. The van der Waals surface area contributed by atoms with E-state index >= 15 is 0 Å². The number of benzene rings is 1. The van der Waals surface area contributed by atoms with Crippen molar-refractivity contribution >= 4 is 51.8 Å².